The molecule has 1 saturated heterocycles. The highest BCUT2D eigenvalue weighted by Crippen LogP contribution is 2.27. The maximum Gasteiger partial charge on any atom is 0.244 e. The summed E-state index contributed by atoms with van der Waals surface area (Å²) < 4.78 is 26.6. The van der Waals surface area contributed by atoms with E-state index < -0.39 is 10.0 Å². The highest BCUT2D eigenvalue weighted by molar-refractivity contribution is 7.89. The largest absolute Gasteiger partial charge is 0.314 e. The first-order valence-corrected chi connectivity index (χ1v) is 7.71. The smallest absolute Gasteiger partial charge is 0.244 e. The topological polar surface area (TPSA) is 73.2 Å². The number of nitriles is 1. The molecule has 5 nitrogen and oxygen atoms in total. The zero-order valence-corrected chi connectivity index (χ0v) is 12.0. The van der Waals surface area contributed by atoms with Crippen molar-refractivity contribution in [3.05, 3.63) is 28.8 Å². The Morgan fingerprint density at radius 3 is 2.89 bits per heavy atom. The molecule has 0 unspecified atom stereocenters. The monoisotopic (exact) mass is 299 g/mol. The lowest BCUT2D eigenvalue weighted by Gasteiger charge is -2.33. The fourth-order valence-corrected chi connectivity index (χ4v) is 4.21. The van der Waals surface area contributed by atoms with E-state index in [4.69, 9.17) is 16.9 Å². The number of hydrogen-bond acceptors (Lipinski definition) is 4. The zero-order valence-electron chi connectivity index (χ0n) is 10.4. The molecule has 1 N–H and O–H groups in total. The van der Waals surface area contributed by atoms with Gasteiger partial charge in [-0.2, -0.15) is 9.57 Å². The van der Waals surface area contributed by atoms with Crippen molar-refractivity contribution in [3.63, 3.8) is 0 Å². The third-order valence-electron chi connectivity index (χ3n) is 3.09. The van der Waals surface area contributed by atoms with Crippen molar-refractivity contribution in [2.75, 3.05) is 19.6 Å². The van der Waals surface area contributed by atoms with E-state index in [9.17, 15) is 8.42 Å². The van der Waals surface area contributed by atoms with Gasteiger partial charge in [0.2, 0.25) is 10.0 Å². The van der Waals surface area contributed by atoms with Gasteiger partial charge in [-0.3, -0.25) is 0 Å². The van der Waals surface area contributed by atoms with Gasteiger partial charge in [-0.15, -0.1) is 0 Å². The predicted octanol–water partition coefficient (Wildman–Crippen LogP) is 1.19. The van der Waals surface area contributed by atoms with Crippen LogP contribution in [-0.2, 0) is 10.0 Å². The molecule has 0 bridgehead atoms. The molecule has 0 aliphatic carbocycles. The first-order valence-electron chi connectivity index (χ1n) is 5.89. The van der Waals surface area contributed by atoms with Gasteiger partial charge in [0.15, 0.2) is 0 Å². The number of piperazine rings is 1. The van der Waals surface area contributed by atoms with E-state index in [0.717, 1.165) is 0 Å². The van der Waals surface area contributed by atoms with Crippen LogP contribution in [0.3, 0.4) is 0 Å². The van der Waals surface area contributed by atoms with E-state index in [0.29, 0.717) is 19.6 Å². The summed E-state index contributed by atoms with van der Waals surface area (Å²) in [5.41, 5.74) is 0.283. The molecule has 0 aromatic heterocycles. The Hall–Kier alpha value is -1.13. The van der Waals surface area contributed by atoms with Gasteiger partial charge in [0, 0.05) is 25.7 Å². The van der Waals surface area contributed by atoms with Crippen LogP contribution in [0.25, 0.3) is 0 Å². The molecule has 1 aliphatic rings. The standard InChI is InChI=1S/C12H14ClN3O2S/c1-9-8-15-4-5-16(9)19(17,18)12-6-10(7-14)2-3-11(12)13/h2-3,6,9,15H,4-5,8H2,1H3/t9-/m1/s1. The lowest BCUT2D eigenvalue weighted by Crippen LogP contribution is -2.52. The minimum Gasteiger partial charge on any atom is -0.314 e. The van der Waals surface area contributed by atoms with Crippen LogP contribution >= 0.6 is 11.6 Å². The van der Waals surface area contributed by atoms with Crippen molar-refractivity contribution >= 4 is 21.6 Å². The number of nitrogens with zero attached hydrogens (tertiary/aromatic N) is 2. The van der Waals surface area contributed by atoms with E-state index >= 15 is 0 Å². The van der Waals surface area contributed by atoms with Crippen LogP contribution in [0.4, 0.5) is 0 Å². The van der Waals surface area contributed by atoms with Gasteiger partial charge in [-0.25, -0.2) is 8.42 Å². The summed E-state index contributed by atoms with van der Waals surface area (Å²) in [6.07, 6.45) is 0. The van der Waals surface area contributed by atoms with Crippen LogP contribution < -0.4 is 5.32 Å². The Morgan fingerprint density at radius 1 is 1.53 bits per heavy atom. The van der Waals surface area contributed by atoms with Crippen molar-refractivity contribution < 1.29 is 8.42 Å². The van der Waals surface area contributed by atoms with Crippen LogP contribution in [0.15, 0.2) is 23.1 Å². The Morgan fingerprint density at radius 2 is 2.26 bits per heavy atom. The third-order valence-corrected chi connectivity index (χ3v) is 5.58. The van der Waals surface area contributed by atoms with E-state index in [1.165, 1.54) is 22.5 Å². The highest BCUT2D eigenvalue weighted by Gasteiger charge is 2.32. The molecule has 1 aliphatic heterocycles. The molecule has 19 heavy (non-hydrogen) atoms. The summed E-state index contributed by atoms with van der Waals surface area (Å²) in [4.78, 5) is 0.00182. The SMILES string of the molecule is C[C@@H]1CNCCN1S(=O)(=O)c1cc(C#N)ccc1Cl. The maximum absolute atomic E-state index is 12.6. The summed E-state index contributed by atoms with van der Waals surface area (Å²) in [5, 5.41) is 12.1. The van der Waals surface area contributed by atoms with E-state index in [1.54, 1.807) is 0 Å². The highest BCUT2D eigenvalue weighted by atomic mass is 35.5. The van der Waals surface area contributed by atoms with Crippen molar-refractivity contribution in [1.82, 2.24) is 9.62 Å². The zero-order chi connectivity index (χ0) is 14.0. The second kappa shape index (κ2) is 5.47. The maximum atomic E-state index is 12.6. The van der Waals surface area contributed by atoms with Gasteiger partial charge >= 0.3 is 0 Å². The quantitative estimate of drug-likeness (QED) is 0.890. The summed E-state index contributed by atoms with van der Waals surface area (Å²) in [6, 6.07) is 6.06. The third kappa shape index (κ3) is 2.74. The van der Waals surface area contributed by atoms with Gasteiger partial charge < -0.3 is 5.32 Å². The number of benzene rings is 1. The van der Waals surface area contributed by atoms with Gasteiger partial charge in [-0.05, 0) is 25.1 Å². The second-order valence-electron chi connectivity index (χ2n) is 4.43. The fourth-order valence-electron chi connectivity index (χ4n) is 2.08. The van der Waals surface area contributed by atoms with Crippen molar-refractivity contribution in [1.29, 1.82) is 5.26 Å². The van der Waals surface area contributed by atoms with E-state index in [1.807, 2.05) is 13.0 Å². The number of halogens is 1. The summed E-state index contributed by atoms with van der Waals surface area (Å²) in [5.74, 6) is 0. The molecule has 1 heterocycles. The summed E-state index contributed by atoms with van der Waals surface area (Å²) in [7, 11) is -3.66. The van der Waals surface area contributed by atoms with Gasteiger partial charge in [0.1, 0.15) is 4.90 Å². The van der Waals surface area contributed by atoms with Crippen molar-refractivity contribution in [3.8, 4) is 6.07 Å². The van der Waals surface area contributed by atoms with Crippen LogP contribution in [0.2, 0.25) is 5.02 Å². The van der Waals surface area contributed by atoms with Crippen LogP contribution in [-0.4, -0.2) is 38.4 Å². The number of hydrogen-bond donors (Lipinski definition) is 1. The first-order chi connectivity index (χ1) is 8.96. The molecule has 0 spiro atoms. The predicted molar refractivity (Wildman–Crippen MR) is 72.4 cm³/mol. The molecular formula is C12H14ClN3O2S. The Kier molecular flexibility index (Phi) is 4.11. The minimum atomic E-state index is -3.66. The van der Waals surface area contributed by atoms with Crippen LogP contribution in [0.1, 0.15) is 12.5 Å². The molecule has 1 atom stereocenters. The van der Waals surface area contributed by atoms with E-state index in [2.05, 4.69) is 5.32 Å². The molecule has 1 aromatic rings. The van der Waals surface area contributed by atoms with Gasteiger partial charge in [0.25, 0.3) is 0 Å². The molecule has 7 heteroatoms. The van der Waals surface area contributed by atoms with Crippen LogP contribution in [0.5, 0.6) is 0 Å². The average Bonchev–Trinajstić information content (AvgIpc) is 2.39. The molecule has 102 valence electrons. The average molecular weight is 300 g/mol. The van der Waals surface area contributed by atoms with E-state index in [-0.39, 0.29) is 21.5 Å². The molecule has 2 rings (SSSR count). The van der Waals surface area contributed by atoms with Crippen molar-refractivity contribution in [2.45, 2.75) is 17.9 Å². The molecule has 0 radical (unpaired) electrons. The Bertz CT molecular complexity index is 624. The molecule has 1 aromatic carbocycles. The molecule has 0 amide bonds. The molecule has 1 fully saturated rings. The first kappa shape index (κ1) is 14.3. The van der Waals surface area contributed by atoms with Crippen molar-refractivity contribution in [2.24, 2.45) is 0 Å². The summed E-state index contributed by atoms with van der Waals surface area (Å²) in [6.45, 7) is 3.45. The minimum absolute atomic E-state index is 0.00182. The van der Waals surface area contributed by atoms with Crippen LogP contribution in [0, 0.1) is 11.3 Å². The fraction of sp³-hybridized carbons (Fsp3) is 0.417. The number of nitrogens with one attached hydrogen (secondary N) is 1. The Balaban J connectivity index is 2.47. The van der Waals surface area contributed by atoms with Gasteiger partial charge in [0.05, 0.1) is 16.7 Å². The number of rotatable bonds is 2. The second-order valence-corrected chi connectivity index (χ2v) is 6.69. The van der Waals surface area contributed by atoms with Gasteiger partial charge in [-0.1, -0.05) is 11.6 Å². The lowest BCUT2D eigenvalue weighted by molar-refractivity contribution is 0.284. The summed E-state index contributed by atoms with van der Waals surface area (Å²) >= 11 is 5.97. The lowest BCUT2D eigenvalue weighted by atomic mass is 10.2. The molecule has 0 saturated carbocycles. The normalized spacial score (nSPS) is 21.0. The number of sulfonamides is 1. The Labute approximate surface area is 117 Å². The molecular weight excluding hydrogens is 286 g/mol.